The first-order valence-corrected chi connectivity index (χ1v) is 11.0. The molecule has 0 rings (SSSR count). The minimum absolute atomic E-state index is 0.570. The zero-order valence-corrected chi connectivity index (χ0v) is 17.2. The number of nitrogens with two attached hydrogens (primary N) is 1. The molecule has 0 aromatic carbocycles. The molecule has 0 saturated heterocycles. The van der Waals surface area contributed by atoms with Crippen LogP contribution in [0.15, 0.2) is 0 Å². The SMILES string of the molecule is CCCCCCCCCCCCOCC(CN)CCCCC(C)C. The predicted molar refractivity (Wildman–Crippen MR) is 109 cm³/mol. The van der Waals surface area contributed by atoms with Crippen LogP contribution in [0.25, 0.3) is 0 Å². The van der Waals surface area contributed by atoms with E-state index in [1.54, 1.807) is 0 Å². The molecule has 0 aliphatic rings. The number of hydrogen-bond acceptors (Lipinski definition) is 2. The van der Waals surface area contributed by atoms with Gasteiger partial charge in [-0.25, -0.2) is 0 Å². The first-order chi connectivity index (χ1) is 11.7. The average Bonchev–Trinajstić information content (AvgIpc) is 2.57. The van der Waals surface area contributed by atoms with Gasteiger partial charge in [0.05, 0.1) is 6.61 Å². The van der Waals surface area contributed by atoms with E-state index in [9.17, 15) is 0 Å². The molecule has 0 amide bonds. The molecule has 0 aromatic rings. The summed E-state index contributed by atoms with van der Waals surface area (Å²) >= 11 is 0. The summed E-state index contributed by atoms with van der Waals surface area (Å²) in [5.74, 6) is 1.40. The van der Waals surface area contributed by atoms with Crippen molar-refractivity contribution < 1.29 is 4.74 Å². The quantitative estimate of drug-likeness (QED) is 0.265. The Morgan fingerprint density at radius 2 is 1.25 bits per heavy atom. The molecular formula is C22H47NO. The number of hydrogen-bond donors (Lipinski definition) is 1. The maximum Gasteiger partial charge on any atom is 0.0506 e. The smallest absolute Gasteiger partial charge is 0.0506 e. The van der Waals surface area contributed by atoms with Crippen molar-refractivity contribution in [3.63, 3.8) is 0 Å². The second-order valence-corrected chi connectivity index (χ2v) is 8.04. The maximum atomic E-state index is 5.87. The highest BCUT2D eigenvalue weighted by Gasteiger charge is 2.07. The van der Waals surface area contributed by atoms with Gasteiger partial charge in [0, 0.05) is 6.61 Å². The zero-order valence-electron chi connectivity index (χ0n) is 17.2. The summed E-state index contributed by atoms with van der Waals surface area (Å²) in [6.07, 6.45) is 19.1. The van der Waals surface area contributed by atoms with Crippen molar-refractivity contribution in [2.45, 2.75) is 111 Å². The van der Waals surface area contributed by atoms with Gasteiger partial charge in [0.1, 0.15) is 0 Å². The van der Waals surface area contributed by atoms with Crippen molar-refractivity contribution in [2.24, 2.45) is 17.6 Å². The summed E-state index contributed by atoms with van der Waals surface area (Å²) in [5, 5.41) is 0. The fourth-order valence-electron chi connectivity index (χ4n) is 3.20. The molecule has 0 spiro atoms. The van der Waals surface area contributed by atoms with E-state index in [0.717, 1.165) is 25.7 Å². The van der Waals surface area contributed by atoms with Crippen molar-refractivity contribution in [1.82, 2.24) is 0 Å². The van der Waals surface area contributed by atoms with Crippen molar-refractivity contribution in [2.75, 3.05) is 19.8 Å². The molecule has 0 aliphatic carbocycles. The van der Waals surface area contributed by atoms with Gasteiger partial charge >= 0.3 is 0 Å². The van der Waals surface area contributed by atoms with E-state index in [2.05, 4.69) is 20.8 Å². The van der Waals surface area contributed by atoms with Crippen LogP contribution < -0.4 is 5.73 Å². The van der Waals surface area contributed by atoms with Crippen LogP contribution >= 0.6 is 0 Å². The standard InChI is InChI=1S/C22H47NO/c1-4-5-6-7-8-9-10-11-12-15-18-24-20-22(19-23)17-14-13-16-21(2)3/h21-22H,4-20,23H2,1-3H3. The molecule has 0 aliphatic heterocycles. The van der Waals surface area contributed by atoms with E-state index in [0.29, 0.717) is 5.92 Å². The molecule has 146 valence electrons. The Bertz CT molecular complexity index is 230. The van der Waals surface area contributed by atoms with Gasteiger partial charge in [-0.05, 0) is 31.2 Å². The monoisotopic (exact) mass is 341 g/mol. The van der Waals surface area contributed by atoms with Gasteiger partial charge < -0.3 is 10.5 Å². The average molecular weight is 342 g/mol. The van der Waals surface area contributed by atoms with Gasteiger partial charge in [-0.2, -0.15) is 0 Å². The normalized spacial score (nSPS) is 12.9. The first kappa shape index (κ1) is 23.9. The highest BCUT2D eigenvalue weighted by atomic mass is 16.5. The van der Waals surface area contributed by atoms with Crippen LogP contribution in [-0.4, -0.2) is 19.8 Å². The van der Waals surface area contributed by atoms with Gasteiger partial charge in [-0.3, -0.25) is 0 Å². The Labute approximate surface area is 153 Å². The number of rotatable bonds is 19. The van der Waals surface area contributed by atoms with Crippen LogP contribution in [0.3, 0.4) is 0 Å². The van der Waals surface area contributed by atoms with Crippen LogP contribution in [-0.2, 0) is 4.74 Å². The Morgan fingerprint density at radius 1 is 0.708 bits per heavy atom. The van der Waals surface area contributed by atoms with Gasteiger partial charge in [0.2, 0.25) is 0 Å². The lowest BCUT2D eigenvalue weighted by molar-refractivity contribution is 0.0944. The molecule has 0 fully saturated rings. The third-order valence-corrected chi connectivity index (χ3v) is 4.97. The lowest BCUT2D eigenvalue weighted by Gasteiger charge is -2.15. The largest absolute Gasteiger partial charge is 0.381 e. The lowest BCUT2D eigenvalue weighted by atomic mass is 9.99. The van der Waals surface area contributed by atoms with Crippen LogP contribution in [0.5, 0.6) is 0 Å². The van der Waals surface area contributed by atoms with Crippen LogP contribution in [0.4, 0.5) is 0 Å². The maximum absolute atomic E-state index is 5.87. The summed E-state index contributed by atoms with van der Waals surface area (Å²) in [4.78, 5) is 0. The van der Waals surface area contributed by atoms with Gasteiger partial charge in [0.25, 0.3) is 0 Å². The van der Waals surface area contributed by atoms with Gasteiger partial charge in [-0.15, -0.1) is 0 Å². The fraction of sp³-hybridized carbons (Fsp3) is 1.00. The molecule has 0 bridgehead atoms. The zero-order chi connectivity index (χ0) is 17.9. The topological polar surface area (TPSA) is 35.2 Å². The molecular weight excluding hydrogens is 294 g/mol. The highest BCUT2D eigenvalue weighted by molar-refractivity contribution is 4.60. The van der Waals surface area contributed by atoms with Crippen molar-refractivity contribution >= 4 is 0 Å². The van der Waals surface area contributed by atoms with Crippen molar-refractivity contribution in [3.8, 4) is 0 Å². The van der Waals surface area contributed by atoms with E-state index in [1.165, 1.54) is 89.9 Å². The molecule has 2 nitrogen and oxygen atoms in total. The molecule has 0 heterocycles. The van der Waals surface area contributed by atoms with E-state index >= 15 is 0 Å². The minimum atomic E-state index is 0.570. The predicted octanol–water partition coefficient (Wildman–Crippen LogP) is 6.72. The summed E-state index contributed by atoms with van der Waals surface area (Å²) in [6.45, 7) is 9.46. The second kappa shape index (κ2) is 19.2. The second-order valence-electron chi connectivity index (χ2n) is 8.04. The molecule has 0 aromatic heterocycles. The molecule has 0 radical (unpaired) electrons. The van der Waals surface area contributed by atoms with Gasteiger partial charge in [0.15, 0.2) is 0 Å². The molecule has 1 atom stereocenters. The third kappa shape index (κ3) is 18.3. The van der Waals surface area contributed by atoms with Gasteiger partial charge in [-0.1, -0.05) is 97.8 Å². The van der Waals surface area contributed by atoms with Crippen LogP contribution in [0.1, 0.15) is 111 Å². The highest BCUT2D eigenvalue weighted by Crippen LogP contribution is 2.14. The van der Waals surface area contributed by atoms with Crippen LogP contribution in [0.2, 0.25) is 0 Å². The molecule has 2 heteroatoms. The Hall–Kier alpha value is -0.0800. The molecule has 24 heavy (non-hydrogen) atoms. The fourth-order valence-corrected chi connectivity index (χ4v) is 3.20. The summed E-state index contributed by atoms with van der Waals surface area (Å²) in [6, 6.07) is 0. The molecule has 1 unspecified atom stereocenters. The molecule has 0 saturated carbocycles. The first-order valence-electron chi connectivity index (χ1n) is 11.0. The Balaban J connectivity index is 3.26. The number of unbranched alkanes of at least 4 members (excludes halogenated alkanes) is 10. The van der Waals surface area contributed by atoms with E-state index in [1.807, 2.05) is 0 Å². The van der Waals surface area contributed by atoms with E-state index in [-0.39, 0.29) is 0 Å². The Morgan fingerprint density at radius 3 is 1.79 bits per heavy atom. The summed E-state index contributed by atoms with van der Waals surface area (Å²) in [7, 11) is 0. The summed E-state index contributed by atoms with van der Waals surface area (Å²) < 4.78 is 5.86. The number of ether oxygens (including phenoxy) is 1. The van der Waals surface area contributed by atoms with Crippen LogP contribution in [0, 0.1) is 11.8 Å². The summed E-state index contributed by atoms with van der Waals surface area (Å²) in [5.41, 5.74) is 5.87. The Kier molecular flexibility index (Phi) is 19.2. The third-order valence-electron chi connectivity index (χ3n) is 4.97. The molecule has 2 N–H and O–H groups in total. The van der Waals surface area contributed by atoms with E-state index in [4.69, 9.17) is 10.5 Å². The minimum Gasteiger partial charge on any atom is -0.381 e. The van der Waals surface area contributed by atoms with Crippen molar-refractivity contribution in [1.29, 1.82) is 0 Å². The van der Waals surface area contributed by atoms with E-state index < -0.39 is 0 Å². The lowest BCUT2D eigenvalue weighted by Crippen LogP contribution is -2.20. The van der Waals surface area contributed by atoms with Crippen molar-refractivity contribution in [3.05, 3.63) is 0 Å².